The first-order valence-electron chi connectivity index (χ1n) is 3.53. The minimum atomic E-state index is 0.598. The molecule has 3 heteroatoms. The number of aliphatic imine (C=N–C) groups is 1. The van der Waals surface area contributed by atoms with E-state index < -0.39 is 0 Å². The highest BCUT2D eigenvalue weighted by Gasteiger charge is 1.96. The molecule has 11 heavy (non-hydrogen) atoms. The lowest BCUT2D eigenvalue weighted by molar-refractivity contribution is 0.640. The summed E-state index contributed by atoms with van der Waals surface area (Å²) in [6.45, 7) is 4.28. The Morgan fingerprint density at radius 3 is 2.64 bits per heavy atom. The Hall–Kier alpha value is -0.190. The van der Waals surface area contributed by atoms with Gasteiger partial charge in [-0.2, -0.15) is 0 Å². The fourth-order valence-corrected chi connectivity index (χ4v) is 1.10. The highest BCUT2D eigenvalue weighted by atomic mass is 127. The fourth-order valence-electron chi connectivity index (χ4n) is 0.741. The van der Waals surface area contributed by atoms with Gasteiger partial charge in [0.05, 0.1) is 4.22 Å². The maximum atomic E-state index is 6.88. The molecule has 0 rings (SSSR count). The van der Waals surface area contributed by atoms with Gasteiger partial charge in [-0.25, -0.2) is 0 Å². The van der Waals surface area contributed by atoms with Gasteiger partial charge in [-0.15, -0.1) is 0 Å². The first-order valence-corrected chi connectivity index (χ1v) is 4.77. The molecule has 0 bridgehead atoms. The van der Waals surface area contributed by atoms with E-state index >= 15 is 0 Å². The number of nitrogens with one attached hydrogen (secondary N) is 1. The molecule has 0 saturated heterocycles. The Kier molecular flexibility index (Phi) is 6.40. The second-order valence-electron chi connectivity index (χ2n) is 2.65. The predicted octanol–water partition coefficient (Wildman–Crippen LogP) is 3.03. The van der Waals surface area contributed by atoms with Crippen LogP contribution in [0.1, 0.15) is 20.3 Å². The minimum absolute atomic E-state index is 0.598. The van der Waals surface area contributed by atoms with E-state index in [-0.39, 0.29) is 0 Å². The minimum Gasteiger partial charge on any atom is -0.309 e. The van der Waals surface area contributed by atoms with Gasteiger partial charge in [0.2, 0.25) is 0 Å². The third-order valence-electron chi connectivity index (χ3n) is 1.11. The van der Waals surface area contributed by atoms with Crippen LogP contribution in [0.15, 0.2) is 16.8 Å². The van der Waals surface area contributed by atoms with Crippen LogP contribution in [-0.4, -0.2) is 10.4 Å². The van der Waals surface area contributed by atoms with Crippen molar-refractivity contribution in [2.75, 3.05) is 0 Å². The summed E-state index contributed by atoms with van der Waals surface area (Å²) < 4.78 is 1.73. The smallest absolute Gasteiger partial charge is 0.0654 e. The van der Waals surface area contributed by atoms with E-state index in [9.17, 15) is 0 Å². The zero-order valence-corrected chi connectivity index (χ0v) is 9.00. The molecule has 1 N–H and O–H groups in total. The van der Waals surface area contributed by atoms with E-state index in [1.54, 1.807) is 10.3 Å². The number of hydrogen-bond donors (Lipinski definition) is 1. The summed E-state index contributed by atoms with van der Waals surface area (Å²) >= 11 is 2.08. The van der Waals surface area contributed by atoms with Crippen LogP contribution in [0.25, 0.3) is 0 Å². The van der Waals surface area contributed by atoms with Gasteiger partial charge in [0.1, 0.15) is 0 Å². The molecule has 0 fully saturated rings. The normalized spacial score (nSPS) is 12.9. The van der Waals surface area contributed by atoms with E-state index in [4.69, 9.17) is 5.41 Å². The number of hydrogen-bond acceptors (Lipinski definition) is 2. The molecule has 0 amide bonds. The summed E-state index contributed by atoms with van der Waals surface area (Å²) in [6.07, 6.45) is 3.95. The van der Waals surface area contributed by atoms with Crippen LogP contribution in [0.3, 0.4) is 0 Å². The topological polar surface area (TPSA) is 36.2 Å². The summed E-state index contributed by atoms with van der Waals surface area (Å²) in [4.78, 5) is 4.13. The van der Waals surface area contributed by atoms with Crippen LogP contribution in [-0.2, 0) is 0 Å². The highest BCUT2D eigenvalue weighted by molar-refractivity contribution is 14.1. The maximum absolute atomic E-state index is 6.88. The largest absolute Gasteiger partial charge is 0.309 e. The van der Waals surface area contributed by atoms with Crippen molar-refractivity contribution in [3.05, 3.63) is 11.8 Å². The second kappa shape index (κ2) is 6.52. The summed E-state index contributed by atoms with van der Waals surface area (Å²) in [6, 6.07) is 0. The molecule has 0 aliphatic heterocycles. The quantitative estimate of drug-likeness (QED) is 0.598. The lowest BCUT2D eigenvalue weighted by atomic mass is 10.1. The van der Waals surface area contributed by atoms with Gasteiger partial charge >= 0.3 is 0 Å². The Morgan fingerprint density at radius 1 is 1.64 bits per heavy atom. The molecule has 62 valence electrons. The predicted molar refractivity (Wildman–Crippen MR) is 58.8 cm³/mol. The van der Waals surface area contributed by atoms with Gasteiger partial charge in [0.15, 0.2) is 0 Å². The van der Waals surface area contributed by atoms with Gasteiger partial charge in [0, 0.05) is 11.9 Å². The molecule has 0 heterocycles. The van der Waals surface area contributed by atoms with Crippen molar-refractivity contribution in [1.29, 1.82) is 5.41 Å². The summed E-state index contributed by atoms with van der Waals surface area (Å²) in [5, 5.41) is 6.88. The SMILES string of the molecule is CC(C)CC(=C/C=N)/N=C\I. The molecule has 2 nitrogen and oxygen atoms in total. The van der Waals surface area contributed by atoms with Crippen molar-refractivity contribution in [1.82, 2.24) is 0 Å². The van der Waals surface area contributed by atoms with Gasteiger partial charge in [-0.3, -0.25) is 4.99 Å². The number of rotatable bonds is 4. The number of allylic oxidation sites excluding steroid dienone is 2. The average molecular weight is 264 g/mol. The van der Waals surface area contributed by atoms with Crippen molar-refractivity contribution in [2.24, 2.45) is 10.9 Å². The van der Waals surface area contributed by atoms with Crippen molar-refractivity contribution in [3.8, 4) is 0 Å². The van der Waals surface area contributed by atoms with Crippen molar-refractivity contribution in [3.63, 3.8) is 0 Å². The van der Waals surface area contributed by atoms with Gasteiger partial charge in [0.25, 0.3) is 0 Å². The van der Waals surface area contributed by atoms with Crippen molar-refractivity contribution >= 4 is 33.0 Å². The molecule has 0 radical (unpaired) electrons. The highest BCUT2D eigenvalue weighted by Crippen LogP contribution is 2.10. The first-order chi connectivity index (χ1) is 5.20. The number of nitrogens with zero attached hydrogens (tertiary/aromatic N) is 1. The molecule has 0 aliphatic rings. The molecule has 0 aromatic carbocycles. The molecule has 0 unspecified atom stereocenters. The van der Waals surface area contributed by atoms with Crippen LogP contribution < -0.4 is 0 Å². The molecule has 0 saturated carbocycles. The van der Waals surface area contributed by atoms with E-state index in [1.165, 1.54) is 6.21 Å². The Balaban J connectivity index is 4.11. The van der Waals surface area contributed by atoms with Crippen molar-refractivity contribution in [2.45, 2.75) is 20.3 Å². The fraction of sp³-hybridized carbons (Fsp3) is 0.500. The van der Waals surface area contributed by atoms with E-state index in [2.05, 4.69) is 41.4 Å². The third kappa shape index (κ3) is 6.22. The van der Waals surface area contributed by atoms with Crippen LogP contribution in [0.2, 0.25) is 0 Å². The second-order valence-corrected chi connectivity index (χ2v) is 3.21. The molecule has 0 atom stereocenters. The molecule has 0 aromatic rings. The van der Waals surface area contributed by atoms with E-state index in [0.29, 0.717) is 5.92 Å². The average Bonchev–Trinajstić information content (AvgIpc) is 1.87. The van der Waals surface area contributed by atoms with Gasteiger partial charge in [-0.1, -0.05) is 13.8 Å². The third-order valence-corrected chi connectivity index (χ3v) is 1.39. The standard InChI is InChI=1S/C8H13IN2/c1-7(2)5-8(3-4-10)11-6-9/h3-4,6-7,10H,5H2,1-2H3/b8-3-,10-4?,11-6-. The van der Waals surface area contributed by atoms with Crippen LogP contribution in [0.5, 0.6) is 0 Å². The Labute approximate surface area is 81.4 Å². The van der Waals surface area contributed by atoms with Crippen LogP contribution in [0, 0.1) is 11.3 Å². The van der Waals surface area contributed by atoms with Crippen molar-refractivity contribution < 1.29 is 0 Å². The Bertz CT molecular complexity index is 171. The zero-order chi connectivity index (χ0) is 8.69. The zero-order valence-electron chi connectivity index (χ0n) is 6.84. The molecular formula is C8H13IN2. The molecule has 0 aromatic heterocycles. The lowest BCUT2D eigenvalue weighted by Gasteiger charge is -2.02. The Morgan fingerprint density at radius 2 is 2.27 bits per heavy atom. The number of halogens is 1. The van der Waals surface area contributed by atoms with Crippen LogP contribution in [0.4, 0.5) is 0 Å². The summed E-state index contributed by atoms with van der Waals surface area (Å²) in [7, 11) is 0. The first kappa shape index (κ1) is 10.8. The molecule has 0 aliphatic carbocycles. The lowest BCUT2D eigenvalue weighted by Crippen LogP contribution is -1.89. The van der Waals surface area contributed by atoms with Gasteiger partial charge < -0.3 is 5.41 Å². The van der Waals surface area contributed by atoms with E-state index in [1.807, 2.05) is 0 Å². The van der Waals surface area contributed by atoms with Gasteiger partial charge in [-0.05, 0) is 41.0 Å². The monoisotopic (exact) mass is 264 g/mol. The van der Waals surface area contributed by atoms with E-state index in [0.717, 1.165) is 12.1 Å². The summed E-state index contributed by atoms with van der Waals surface area (Å²) in [5.74, 6) is 0.598. The molecular weight excluding hydrogens is 251 g/mol. The maximum Gasteiger partial charge on any atom is 0.0654 e. The van der Waals surface area contributed by atoms with Crippen LogP contribution >= 0.6 is 22.6 Å². The summed E-state index contributed by atoms with van der Waals surface area (Å²) in [5.41, 5.74) is 0.976. The molecule has 0 spiro atoms.